The van der Waals surface area contributed by atoms with E-state index in [4.69, 9.17) is 5.73 Å². The Balaban J connectivity index is 3.05. The molecule has 1 aromatic rings. The Kier molecular flexibility index (Phi) is 3.95. The van der Waals surface area contributed by atoms with Crippen LogP contribution in [-0.4, -0.2) is 17.6 Å². The molecule has 1 aromatic heterocycles. The third-order valence-corrected chi connectivity index (χ3v) is 2.78. The van der Waals surface area contributed by atoms with Gasteiger partial charge in [-0.05, 0) is 39.3 Å². The van der Waals surface area contributed by atoms with Gasteiger partial charge in [-0.1, -0.05) is 6.92 Å². The number of pyridine rings is 1. The predicted octanol–water partition coefficient (Wildman–Crippen LogP) is 2.60. The molecule has 0 amide bonds. The second-order valence-corrected chi connectivity index (χ2v) is 3.91. The molecule has 1 heterocycles. The normalized spacial score (nSPS) is 12.5. The molecule has 1 rings (SSSR count). The van der Waals surface area contributed by atoms with E-state index in [0.29, 0.717) is 6.04 Å². The molecule has 0 bridgehead atoms. The summed E-state index contributed by atoms with van der Waals surface area (Å²) in [6.45, 7) is 9.45. The first-order chi connectivity index (χ1) is 7.10. The lowest BCUT2D eigenvalue weighted by Gasteiger charge is -2.29. The van der Waals surface area contributed by atoms with Gasteiger partial charge in [0, 0.05) is 18.3 Å². The molecule has 0 fully saturated rings. The second-order valence-electron chi connectivity index (χ2n) is 3.91. The van der Waals surface area contributed by atoms with Gasteiger partial charge < -0.3 is 10.6 Å². The highest BCUT2D eigenvalue weighted by Gasteiger charge is 2.14. The molecule has 2 N–H and O–H groups in total. The largest absolute Gasteiger partial charge is 0.396 e. The minimum Gasteiger partial charge on any atom is -0.396 e. The topological polar surface area (TPSA) is 42.2 Å². The van der Waals surface area contributed by atoms with Crippen LogP contribution in [0.15, 0.2) is 12.1 Å². The van der Waals surface area contributed by atoms with Gasteiger partial charge in [0.25, 0.3) is 0 Å². The summed E-state index contributed by atoms with van der Waals surface area (Å²) in [5, 5.41) is 0. The highest BCUT2D eigenvalue weighted by Crippen LogP contribution is 2.23. The smallest absolute Gasteiger partial charge is 0.152 e. The van der Waals surface area contributed by atoms with Gasteiger partial charge in [0.2, 0.25) is 0 Å². The van der Waals surface area contributed by atoms with E-state index in [1.165, 1.54) is 0 Å². The molecule has 0 saturated carbocycles. The van der Waals surface area contributed by atoms with E-state index in [-0.39, 0.29) is 0 Å². The van der Waals surface area contributed by atoms with Crippen LogP contribution in [0.4, 0.5) is 11.5 Å². The molecule has 1 unspecified atom stereocenters. The lowest BCUT2D eigenvalue weighted by Crippen LogP contribution is -2.33. The van der Waals surface area contributed by atoms with Crippen molar-refractivity contribution in [2.24, 2.45) is 0 Å². The lowest BCUT2D eigenvalue weighted by atomic mass is 10.2. The van der Waals surface area contributed by atoms with Gasteiger partial charge in [-0.2, -0.15) is 0 Å². The first-order valence-electron chi connectivity index (χ1n) is 5.59. The molecule has 0 aliphatic heterocycles. The molecule has 3 heteroatoms. The maximum absolute atomic E-state index is 5.95. The Morgan fingerprint density at radius 3 is 2.60 bits per heavy atom. The molecule has 0 aliphatic rings. The molecule has 0 aliphatic carbocycles. The van der Waals surface area contributed by atoms with E-state index in [1.54, 1.807) is 0 Å². The predicted molar refractivity (Wildman–Crippen MR) is 66.2 cm³/mol. The Morgan fingerprint density at radius 2 is 2.07 bits per heavy atom. The van der Waals surface area contributed by atoms with Crippen molar-refractivity contribution in [1.29, 1.82) is 0 Å². The quantitative estimate of drug-likeness (QED) is 0.825. The average molecular weight is 207 g/mol. The summed E-state index contributed by atoms with van der Waals surface area (Å²) in [4.78, 5) is 6.77. The van der Waals surface area contributed by atoms with Crippen LogP contribution >= 0.6 is 0 Å². The third-order valence-electron chi connectivity index (χ3n) is 2.78. The van der Waals surface area contributed by atoms with Crippen LogP contribution in [0.5, 0.6) is 0 Å². The van der Waals surface area contributed by atoms with Crippen LogP contribution in [0.1, 0.15) is 32.9 Å². The molecule has 0 aromatic carbocycles. The summed E-state index contributed by atoms with van der Waals surface area (Å²) < 4.78 is 0. The number of anilines is 2. The maximum atomic E-state index is 5.95. The lowest BCUT2D eigenvalue weighted by molar-refractivity contribution is 0.623. The van der Waals surface area contributed by atoms with Crippen molar-refractivity contribution in [2.75, 3.05) is 17.2 Å². The zero-order valence-electron chi connectivity index (χ0n) is 10.1. The van der Waals surface area contributed by atoms with E-state index in [1.807, 2.05) is 19.1 Å². The SMILES string of the molecule is CCC(C)N(CC)c1nc(C)ccc1N. The number of rotatable bonds is 4. The zero-order chi connectivity index (χ0) is 11.4. The van der Waals surface area contributed by atoms with Crippen molar-refractivity contribution in [2.45, 2.75) is 40.2 Å². The van der Waals surface area contributed by atoms with E-state index < -0.39 is 0 Å². The fraction of sp³-hybridized carbons (Fsp3) is 0.583. The van der Waals surface area contributed by atoms with Gasteiger partial charge in [-0.15, -0.1) is 0 Å². The van der Waals surface area contributed by atoms with Gasteiger partial charge in [0.15, 0.2) is 5.82 Å². The van der Waals surface area contributed by atoms with Crippen LogP contribution in [0, 0.1) is 6.92 Å². The van der Waals surface area contributed by atoms with Crippen LogP contribution in [0.2, 0.25) is 0 Å². The van der Waals surface area contributed by atoms with Crippen molar-refractivity contribution >= 4 is 11.5 Å². The molecule has 0 spiro atoms. The van der Waals surface area contributed by atoms with Crippen LogP contribution in [0.25, 0.3) is 0 Å². The number of nitrogen functional groups attached to an aromatic ring is 1. The molecule has 0 saturated heterocycles. The first-order valence-corrected chi connectivity index (χ1v) is 5.59. The molecule has 15 heavy (non-hydrogen) atoms. The summed E-state index contributed by atoms with van der Waals surface area (Å²) in [6.07, 6.45) is 1.10. The van der Waals surface area contributed by atoms with E-state index in [2.05, 4.69) is 30.7 Å². The van der Waals surface area contributed by atoms with Gasteiger partial charge in [0.05, 0.1) is 5.69 Å². The Bertz CT molecular complexity index is 323. The Labute approximate surface area is 92.3 Å². The van der Waals surface area contributed by atoms with Crippen molar-refractivity contribution in [1.82, 2.24) is 4.98 Å². The van der Waals surface area contributed by atoms with Gasteiger partial charge in [-0.3, -0.25) is 0 Å². The number of nitrogens with zero attached hydrogens (tertiary/aromatic N) is 2. The van der Waals surface area contributed by atoms with E-state index in [9.17, 15) is 0 Å². The van der Waals surface area contributed by atoms with Crippen LogP contribution in [0.3, 0.4) is 0 Å². The van der Waals surface area contributed by atoms with Crippen molar-refractivity contribution < 1.29 is 0 Å². The summed E-state index contributed by atoms with van der Waals surface area (Å²) >= 11 is 0. The fourth-order valence-corrected chi connectivity index (χ4v) is 1.67. The molecular formula is C12H21N3. The third kappa shape index (κ3) is 2.61. The number of aromatic nitrogens is 1. The summed E-state index contributed by atoms with van der Waals surface area (Å²) in [5.41, 5.74) is 7.74. The second kappa shape index (κ2) is 5.01. The standard InChI is InChI=1S/C12H21N3/c1-5-10(4)15(6-2)12-11(13)8-7-9(3)14-12/h7-8,10H,5-6,13H2,1-4H3. The number of hydrogen-bond donors (Lipinski definition) is 1. The molecule has 3 nitrogen and oxygen atoms in total. The zero-order valence-corrected chi connectivity index (χ0v) is 10.1. The number of hydrogen-bond acceptors (Lipinski definition) is 3. The molecular weight excluding hydrogens is 186 g/mol. The maximum Gasteiger partial charge on any atom is 0.152 e. The van der Waals surface area contributed by atoms with Crippen molar-refractivity contribution in [3.05, 3.63) is 17.8 Å². The summed E-state index contributed by atoms with van der Waals surface area (Å²) in [6, 6.07) is 4.36. The molecule has 84 valence electrons. The van der Waals surface area contributed by atoms with Crippen molar-refractivity contribution in [3.8, 4) is 0 Å². The number of nitrogens with two attached hydrogens (primary N) is 1. The summed E-state index contributed by atoms with van der Waals surface area (Å²) in [7, 11) is 0. The number of aryl methyl sites for hydroxylation is 1. The van der Waals surface area contributed by atoms with Gasteiger partial charge in [0.1, 0.15) is 0 Å². The van der Waals surface area contributed by atoms with Crippen LogP contribution in [-0.2, 0) is 0 Å². The van der Waals surface area contributed by atoms with E-state index >= 15 is 0 Å². The van der Waals surface area contributed by atoms with Crippen LogP contribution < -0.4 is 10.6 Å². The molecule has 0 radical (unpaired) electrons. The monoisotopic (exact) mass is 207 g/mol. The van der Waals surface area contributed by atoms with Gasteiger partial charge >= 0.3 is 0 Å². The van der Waals surface area contributed by atoms with E-state index in [0.717, 1.165) is 30.2 Å². The van der Waals surface area contributed by atoms with Crippen molar-refractivity contribution in [3.63, 3.8) is 0 Å². The minimum absolute atomic E-state index is 0.478. The molecule has 1 atom stereocenters. The Morgan fingerprint density at radius 1 is 1.40 bits per heavy atom. The summed E-state index contributed by atoms with van der Waals surface area (Å²) in [5.74, 6) is 0.923. The minimum atomic E-state index is 0.478. The first kappa shape index (κ1) is 11.8. The highest BCUT2D eigenvalue weighted by atomic mass is 15.2. The Hall–Kier alpha value is -1.25. The highest BCUT2D eigenvalue weighted by molar-refractivity contribution is 5.63. The van der Waals surface area contributed by atoms with Gasteiger partial charge in [-0.25, -0.2) is 4.98 Å². The fourth-order valence-electron chi connectivity index (χ4n) is 1.67. The average Bonchev–Trinajstić information content (AvgIpc) is 2.23.